The van der Waals surface area contributed by atoms with Gasteiger partial charge in [-0.15, -0.1) is 0 Å². The fraction of sp³-hybridized carbons (Fsp3) is 0.533. The predicted octanol–water partition coefficient (Wildman–Crippen LogP) is 3.38. The molecule has 1 aromatic rings. The van der Waals surface area contributed by atoms with Gasteiger partial charge in [0.05, 0.1) is 6.42 Å². The molecular formula is C15H22BrNO. The summed E-state index contributed by atoms with van der Waals surface area (Å²) in [6.45, 7) is 8.32. The summed E-state index contributed by atoms with van der Waals surface area (Å²) in [5.41, 5.74) is 3.58. The molecule has 0 saturated carbocycles. The highest BCUT2D eigenvalue weighted by Gasteiger charge is 2.13. The number of nitrogens with one attached hydrogen (secondary N) is 1. The van der Waals surface area contributed by atoms with Crippen LogP contribution in [0, 0.1) is 19.8 Å². The Labute approximate surface area is 118 Å². The molecule has 18 heavy (non-hydrogen) atoms. The van der Waals surface area contributed by atoms with Crippen molar-refractivity contribution in [3.8, 4) is 0 Å². The molecule has 1 N–H and O–H groups in total. The summed E-state index contributed by atoms with van der Waals surface area (Å²) in [7, 11) is 0. The minimum Gasteiger partial charge on any atom is -0.353 e. The van der Waals surface area contributed by atoms with Crippen molar-refractivity contribution >= 4 is 21.8 Å². The fourth-order valence-corrected chi connectivity index (χ4v) is 2.24. The number of hydrogen-bond acceptors (Lipinski definition) is 1. The Morgan fingerprint density at radius 1 is 1.28 bits per heavy atom. The zero-order valence-corrected chi connectivity index (χ0v) is 13.2. The number of alkyl halides is 1. The number of hydrogen-bond donors (Lipinski definition) is 1. The van der Waals surface area contributed by atoms with Gasteiger partial charge in [-0.25, -0.2) is 0 Å². The van der Waals surface area contributed by atoms with Gasteiger partial charge in [0.2, 0.25) is 5.91 Å². The van der Waals surface area contributed by atoms with E-state index < -0.39 is 0 Å². The summed E-state index contributed by atoms with van der Waals surface area (Å²) < 4.78 is 0. The number of halogens is 1. The maximum atomic E-state index is 11.9. The van der Waals surface area contributed by atoms with Crippen molar-refractivity contribution in [3.05, 3.63) is 34.9 Å². The second kappa shape index (κ2) is 6.93. The van der Waals surface area contributed by atoms with Gasteiger partial charge in [0.1, 0.15) is 0 Å². The Morgan fingerprint density at radius 3 is 2.50 bits per heavy atom. The highest BCUT2D eigenvalue weighted by Crippen LogP contribution is 2.11. The molecule has 0 aliphatic rings. The van der Waals surface area contributed by atoms with E-state index in [2.05, 4.69) is 54.2 Å². The van der Waals surface area contributed by atoms with Crippen LogP contribution in [0.1, 0.15) is 30.5 Å². The monoisotopic (exact) mass is 311 g/mol. The summed E-state index contributed by atoms with van der Waals surface area (Å²) in [5, 5.41) is 3.95. The standard InChI is InChI=1S/C15H22BrNO/c1-10-5-6-14(7-11(10)2)8-15(18)17-13(4)12(3)9-16/h5-7,12-13H,8-9H2,1-4H3,(H,17,18). The lowest BCUT2D eigenvalue weighted by molar-refractivity contribution is -0.121. The van der Waals surface area contributed by atoms with Gasteiger partial charge in [-0.2, -0.15) is 0 Å². The molecule has 1 rings (SSSR count). The van der Waals surface area contributed by atoms with Crippen LogP contribution in [-0.4, -0.2) is 17.3 Å². The van der Waals surface area contributed by atoms with Crippen LogP contribution >= 0.6 is 15.9 Å². The van der Waals surface area contributed by atoms with Crippen LogP contribution in [0.4, 0.5) is 0 Å². The molecule has 0 radical (unpaired) electrons. The van der Waals surface area contributed by atoms with Gasteiger partial charge in [0.25, 0.3) is 0 Å². The van der Waals surface area contributed by atoms with Gasteiger partial charge in [-0.05, 0) is 43.4 Å². The van der Waals surface area contributed by atoms with Crippen LogP contribution in [0.15, 0.2) is 18.2 Å². The number of carbonyl (C=O) groups excluding carboxylic acids is 1. The van der Waals surface area contributed by atoms with Gasteiger partial charge < -0.3 is 5.32 Å². The minimum absolute atomic E-state index is 0.0959. The lowest BCUT2D eigenvalue weighted by Crippen LogP contribution is -2.38. The summed E-state index contributed by atoms with van der Waals surface area (Å²) in [6, 6.07) is 6.39. The van der Waals surface area contributed by atoms with E-state index >= 15 is 0 Å². The normalized spacial score (nSPS) is 14.1. The average Bonchev–Trinajstić information content (AvgIpc) is 2.32. The van der Waals surface area contributed by atoms with Gasteiger partial charge in [-0.1, -0.05) is 41.1 Å². The Balaban J connectivity index is 2.57. The molecule has 3 heteroatoms. The summed E-state index contributed by atoms with van der Waals surface area (Å²) >= 11 is 3.44. The van der Waals surface area contributed by atoms with Gasteiger partial charge >= 0.3 is 0 Å². The van der Waals surface area contributed by atoms with Crippen LogP contribution in [0.5, 0.6) is 0 Å². The van der Waals surface area contributed by atoms with E-state index in [1.54, 1.807) is 0 Å². The number of aryl methyl sites for hydroxylation is 2. The van der Waals surface area contributed by atoms with Gasteiger partial charge in [-0.3, -0.25) is 4.79 Å². The molecule has 0 heterocycles. The smallest absolute Gasteiger partial charge is 0.224 e. The summed E-state index contributed by atoms with van der Waals surface area (Å²) in [4.78, 5) is 11.9. The Morgan fingerprint density at radius 2 is 1.94 bits per heavy atom. The highest BCUT2D eigenvalue weighted by molar-refractivity contribution is 9.09. The quantitative estimate of drug-likeness (QED) is 0.830. The predicted molar refractivity (Wildman–Crippen MR) is 80.2 cm³/mol. The van der Waals surface area contributed by atoms with Crippen molar-refractivity contribution in [1.82, 2.24) is 5.32 Å². The van der Waals surface area contributed by atoms with E-state index in [9.17, 15) is 4.79 Å². The maximum Gasteiger partial charge on any atom is 0.224 e. The molecule has 0 aliphatic carbocycles. The van der Waals surface area contributed by atoms with Crippen LogP contribution in [0.2, 0.25) is 0 Å². The minimum atomic E-state index is 0.0959. The first-order chi connectivity index (χ1) is 8.43. The second-order valence-electron chi connectivity index (χ2n) is 5.08. The van der Waals surface area contributed by atoms with E-state index in [-0.39, 0.29) is 11.9 Å². The van der Waals surface area contributed by atoms with Crippen molar-refractivity contribution in [2.45, 2.75) is 40.2 Å². The number of amides is 1. The van der Waals surface area contributed by atoms with E-state index in [1.165, 1.54) is 11.1 Å². The lowest BCUT2D eigenvalue weighted by Gasteiger charge is -2.19. The van der Waals surface area contributed by atoms with Crippen molar-refractivity contribution < 1.29 is 4.79 Å². The first-order valence-electron chi connectivity index (χ1n) is 6.35. The molecule has 2 unspecified atom stereocenters. The van der Waals surface area contributed by atoms with E-state index in [4.69, 9.17) is 0 Å². The van der Waals surface area contributed by atoms with Crippen molar-refractivity contribution in [2.24, 2.45) is 5.92 Å². The van der Waals surface area contributed by atoms with Gasteiger partial charge in [0, 0.05) is 11.4 Å². The molecule has 0 fully saturated rings. The van der Waals surface area contributed by atoms with E-state index in [1.807, 2.05) is 13.0 Å². The SMILES string of the molecule is Cc1ccc(CC(=O)NC(C)C(C)CBr)cc1C. The largest absolute Gasteiger partial charge is 0.353 e. The molecule has 0 spiro atoms. The molecule has 2 atom stereocenters. The van der Waals surface area contributed by atoms with Crippen LogP contribution in [-0.2, 0) is 11.2 Å². The first kappa shape index (κ1) is 15.2. The average molecular weight is 312 g/mol. The third-order valence-electron chi connectivity index (χ3n) is 3.42. The lowest BCUT2D eigenvalue weighted by atomic mass is 10.0. The first-order valence-corrected chi connectivity index (χ1v) is 7.47. The summed E-state index contributed by atoms with van der Waals surface area (Å²) in [5.74, 6) is 0.534. The highest BCUT2D eigenvalue weighted by atomic mass is 79.9. The van der Waals surface area contributed by atoms with Crippen molar-refractivity contribution in [1.29, 1.82) is 0 Å². The maximum absolute atomic E-state index is 11.9. The number of rotatable bonds is 5. The van der Waals surface area contributed by atoms with E-state index in [0.717, 1.165) is 10.9 Å². The molecule has 0 aliphatic heterocycles. The molecule has 1 amide bonds. The Bertz CT molecular complexity index is 417. The third kappa shape index (κ3) is 4.45. The van der Waals surface area contributed by atoms with Crippen molar-refractivity contribution in [3.63, 3.8) is 0 Å². The molecule has 1 aromatic carbocycles. The molecule has 100 valence electrons. The van der Waals surface area contributed by atoms with E-state index in [0.29, 0.717) is 12.3 Å². The number of benzene rings is 1. The zero-order valence-electron chi connectivity index (χ0n) is 11.6. The second-order valence-corrected chi connectivity index (χ2v) is 5.73. The summed E-state index contributed by atoms with van der Waals surface area (Å²) in [6.07, 6.45) is 0.459. The molecule has 0 saturated heterocycles. The fourth-order valence-electron chi connectivity index (χ4n) is 1.68. The topological polar surface area (TPSA) is 29.1 Å². The van der Waals surface area contributed by atoms with Gasteiger partial charge in [0.15, 0.2) is 0 Å². The molecular weight excluding hydrogens is 290 g/mol. The van der Waals surface area contributed by atoms with Crippen LogP contribution in [0.25, 0.3) is 0 Å². The molecule has 2 nitrogen and oxygen atoms in total. The Kier molecular flexibility index (Phi) is 5.86. The molecule has 0 aromatic heterocycles. The molecule has 0 bridgehead atoms. The zero-order chi connectivity index (χ0) is 13.7. The Hall–Kier alpha value is -0.830. The third-order valence-corrected chi connectivity index (χ3v) is 4.44. The van der Waals surface area contributed by atoms with Crippen LogP contribution < -0.4 is 5.32 Å². The van der Waals surface area contributed by atoms with Crippen LogP contribution in [0.3, 0.4) is 0 Å². The van der Waals surface area contributed by atoms with Crippen molar-refractivity contribution in [2.75, 3.05) is 5.33 Å². The number of carbonyl (C=O) groups is 1.